The first-order valence-electron chi connectivity index (χ1n) is 7.79. The van der Waals surface area contributed by atoms with Gasteiger partial charge in [-0.25, -0.2) is 13.2 Å². The lowest BCUT2D eigenvalue weighted by molar-refractivity contribution is 0.0526. The van der Waals surface area contributed by atoms with Crippen molar-refractivity contribution in [2.24, 2.45) is 0 Å². The first-order chi connectivity index (χ1) is 11.4. The SMILES string of the molecule is CCOC(=O)c1cc(NS(=O)(=O)CCCCl)c2[nH]cc(CC)c2c1. The average Bonchev–Trinajstić information content (AvgIpc) is 2.96. The molecule has 1 heterocycles. The Labute approximate surface area is 146 Å². The minimum atomic E-state index is -3.55. The molecule has 0 saturated carbocycles. The number of halogens is 1. The third-order valence-corrected chi connectivity index (χ3v) is 5.20. The maximum atomic E-state index is 12.2. The molecule has 8 heteroatoms. The fraction of sp³-hybridized carbons (Fsp3) is 0.438. The molecule has 2 rings (SSSR count). The monoisotopic (exact) mass is 372 g/mol. The molecule has 0 saturated heterocycles. The van der Waals surface area contributed by atoms with Crippen LogP contribution in [-0.2, 0) is 21.2 Å². The number of H-pyrrole nitrogens is 1. The molecule has 0 atom stereocenters. The highest BCUT2D eigenvalue weighted by atomic mass is 35.5. The van der Waals surface area contributed by atoms with Crippen molar-refractivity contribution in [2.45, 2.75) is 26.7 Å². The van der Waals surface area contributed by atoms with E-state index in [4.69, 9.17) is 16.3 Å². The van der Waals surface area contributed by atoms with Crippen molar-refractivity contribution in [3.8, 4) is 0 Å². The molecule has 24 heavy (non-hydrogen) atoms. The molecule has 1 aromatic heterocycles. The topological polar surface area (TPSA) is 88.3 Å². The van der Waals surface area contributed by atoms with Gasteiger partial charge in [-0.1, -0.05) is 6.92 Å². The van der Waals surface area contributed by atoms with Crippen molar-refractivity contribution < 1.29 is 17.9 Å². The number of aromatic amines is 1. The van der Waals surface area contributed by atoms with Gasteiger partial charge in [-0.05, 0) is 37.5 Å². The zero-order valence-electron chi connectivity index (χ0n) is 13.7. The van der Waals surface area contributed by atoms with E-state index >= 15 is 0 Å². The van der Waals surface area contributed by atoms with Gasteiger partial charge in [-0.15, -0.1) is 11.6 Å². The number of esters is 1. The minimum Gasteiger partial charge on any atom is -0.462 e. The van der Waals surface area contributed by atoms with E-state index in [-0.39, 0.29) is 18.2 Å². The van der Waals surface area contributed by atoms with Gasteiger partial charge in [0.25, 0.3) is 0 Å². The third-order valence-electron chi connectivity index (χ3n) is 3.58. The summed E-state index contributed by atoms with van der Waals surface area (Å²) in [7, 11) is -3.55. The largest absolute Gasteiger partial charge is 0.462 e. The Hall–Kier alpha value is -1.73. The Morgan fingerprint density at radius 2 is 2.08 bits per heavy atom. The fourth-order valence-electron chi connectivity index (χ4n) is 2.46. The van der Waals surface area contributed by atoms with Crippen LogP contribution in [0, 0.1) is 0 Å². The van der Waals surface area contributed by atoms with Gasteiger partial charge in [0.05, 0.1) is 29.1 Å². The zero-order chi connectivity index (χ0) is 17.7. The first kappa shape index (κ1) is 18.6. The van der Waals surface area contributed by atoms with Gasteiger partial charge in [-0.2, -0.15) is 0 Å². The first-order valence-corrected chi connectivity index (χ1v) is 9.98. The molecule has 0 fully saturated rings. The van der Waals surface area contributed by atoms with Crippen LogP contribution in [0.3, 0.4) is 0 Å². The maximum absolute atomic E-state index is 12.2. The van der Waals surface area contributed by atoms with Gasteiger partial charge >= 0.3 is 5.97 Å². The summed E-state index contributed by atoms with van der Waals surface area (Å²) in [6.45, 7) is 3.96. The highest BCUT2D eigenvalue weighted by Crippen LogP contribution is 2.29. The molecule has 6 nitrogen and oxygen atoms in total. The molecule has 0 aliphatic heterocycles. The number of anilines is 1. The number of hydrogen-bond acceptors (Lipinski definition) is 4. The number of rotatable bonds is 8. The molecule has 0 aliphatic carbocycles. The van der Waals surface area contributed by atoms with E-state index in [2.05, 4.69) is 9.71 Å². The van der Waals surface area contributed by atoms with Gasteiger partial charge in [0.2, 0.25) is 10.0 Å². The summed E-state index contributed by atoms with van der Waals surface area (Å²) in [6.07, 6.45) is 2.92. The molecule has 2 aromatic rings. The molecule has 0 spiro atoms. The molecule has 0 aliphatic rings. The molecule has 2 N–H and O–H groups in total. The van der Waals surface area contributed by atoms with E-state index in [1.54, 1.807) is 13.0 Å². The summed E-state index contributed by atoms with van der Waals surface area (Å²) in [4.78, 5) is 15.2. The van der Waals surface area contributed by atoms with Crippen molar-refractivity contribution in [3.05, 3.63) is 29.5 Å². The van der Waals surface area contributed by atoms with Gasteiger partial charge < -0.3 is 9.72 Å². The van der Waals surface area contributed by atoms with Crippen molar-refractivity contribution in [2.75, 3.05) is 23.0 Å². The maximum Gasteiger partial charge on any atom is 0.338 e. The Bertz CT molecular complexity index is 830. The second-order valence-corrected chi connectivity index (χ2v) is 7.52. The van der Waals surface area contributed by atoms with E-state index in [0.29, 0.717) is 23.2 Å². The van der Waals surface area contributed by atoms with Crippen molar-refractivity contribution >= 4 is 44.2 Å². The lowest BCUT2D eigenvalue weighted by atomic mass is 10.1. The summed E-state index contributed by atoms with van der Waals surface area (Å²) in [6, 6.07) is 3.22. The molecule has 0 bridgehead atoms. The van der Waals surface area contributed by atoms with E-state index in [1.165, 1.54) is 6.07 Å². The Morgan fingerprint density at radius 1 is 1.33 bits per heavy atom. The number of sulfonamides is 1. The van der Waals surface area contributed by atoms with Crippen molar-refractivity contribution in [1.29, 1.82) is 0 Å². The van der Waals surface area contributed by atoms with Gasteiger partial charge in [0.1, 0.15) is 0 Å². The van der Waals surface area contributed by atoms with Gasteiger partial charge in [-0.3, -0.25) is 4.72 Å². The number of alkyl halides is 1. The highest BCUT2D eigenvalue weighted by molar-refractivity contribution is 7.92. The quantitative estimate of drug-likeness (QED) is 0.549. The summed E-state index contributed by atoms with van der Waals surface area (Å²) >= 11 is 5.57. The molecule has 0 unspecified atom stereocenters. The number of ether oxygens (including phenoxy) is 1. The molecular weight excluding hydrogens is 352 g/mol. The number of carbonyl (C=O) groups excluding carboxylic acids is 1. The lowest BCUT2D eigenvalue weighted by Gasteiger charge is -2.11. The zero-order valence-corrected chi connectivity index (χ0v) is 15.3. The second-order valence-electron chi connectivity index (χ2n) is 5.30. The Morgan fingerprint density at radius 3 is 2.71 bits per heavy atom. The number of hydrogen-bond donors (Lipinski definition) is 2. The predicted octanol–water partition coefficient (Wildman–Crippen LogP) is 3.28. The van der Waals surface area contributed by atoms with Crippen LogP contribution in [0.5, 0.6) is 0 Å². The summed E-state index contributed by atoms with van der Waals surface area (Å²) in [5, 5.41) is 0.804. The Balaban J connectivity index is 2.50. The smallest absolute Gasteiger partial charge is 0.338 e. The van der Waals surface area contributed by atoms with Crippen LogP contribution in [0.25, 0.3) is 10.9 Å². The second kappa shape index (κ2) is 7.90. The van der Waals surface area contributed by atoms with Crippen LogP contribution >= 0.6 is 11.6 Å². The van der Waals surface area contributed by atoms with E-state index < -0.39 is 16.0 Å². The summed E-state index contributed by atoms with van der Waals surface area (Å²) in [5.41, 5.74) is 2.30. The highest BCUT2D eigenvalue weighted by Gasteiger charge is 2.18. The van der Waals surface area contributed by atoms with Gasteiger partial charge in [0.15, 0.2) is 0 Å². The van der Waals surface area contributed by atoms with Crippen LogP contribution in [0.4, 0.5) is 5.69 Å². The third kappa shape index (κ3) is 4.21. The molecule has 1 aromatic carbocycles. The van der Waals surface area contributed by atoms with Crippen LogP contribution in [-0.4, -0.2) is 37.6 Å². The lowest BCUT2D eigenvalue weighted by Crippen LogP contribution is -2.17. The van der Waals surface area contributed by atoms with Crippen LogP contribution in [0.2, 0.25) is 0 Å². The fourth-order valence-corrected chi connectivity index (χ4v) is 3.87. The Kier molecular flexibility index (Phi) is 6.12. The normalized spacial score (nSPS) is 11.6. The number of fused-ring (bicyclic) bond motifs is 1. The summed E-state index contributed by atoms with van der Waals surface area (Å²) < 4.78 is 32.0. The predicted molar refractivity (Wildman–Crippen MR) is 96.4 cm³/mol. The average molecular weight is 373 g/mol. The number of carbonyl (C=O) groups is 1. The van der Waals surface area contributed by atoms with Crippen LogP contribution in [0.15, 0.2) is 18.3 Å². The van der Waals surface area contributed by atoms with Crippen LogP contribution < -0.4 is 4.72 Å². The summed E-state index contributed by atoms with van der Waals surface area (Å²) in [5.74, 6) is -0.297. The van der Waals surface area contributed by atoms with E-state index in [9.17, 15) is 13.2 Å². The standard InChI is InChI=1S/C16H21ClN2O4S/c1-3-11-10-18-15-13(11)8-12(16(20)23-4-2)9-14(15)19-24(21,22)7-5-6-17/h8-10,18-19H,3-7H2,1-2H3. The molecule has 0 amide bonds. The van der Waals surface area contributed by atoms with Crippen molar-refractivity contribution in [3.63, 3.8) is 0 Å². The number of nitrogens with one attached hydrogen (secondary N) is 2. The van der Waals surface area contributed by atoms with Crippen molar-refractivity contribution in [1.82, 2.24) is 4.98 Å². The van der Waals surface area contributed by atoms with E-state index in [0.717, 1.165) is 17.4 Å². The number of benzene rings is 1. The van der Waals surface area contributed by atoms with Crippen LogP contribution in [0.1, 0.15) is 36.2 Å². The minimum absolute atomic E-state index is 0.0804. The van der Waals surface area contributed by atoms with Gasteiger partial charge in [0, 0.05) is 17.5 Å². The molecule has 0 radical (unpaired) electrons. The van der Waals surface area contributed by atoms with E-state index in [1.807, 2.05) is 13.1 Å². The number of aromatic nitrogens is 1. The molecular formula is C16H21ClN2O4S. The number of aryl methyl sites for hydroxylation is 1. The molecule has 132 valence electrons.